The van der Waals surface area contributed by atoms with E-state index in [0.29, 0.717) is 0 Å². The van der Waals surface area contributed by atoms with Crippen LogP contribution in [0.15, 0.2) is 11.8 Å². The Labute approximate surface area is 46.9 Å². The molecule has 42 valence electrons. The fraction of sp³-hybridized carbons (Fsp3) is 0.200. The van der Waals surface area contributed by atoms with Crippen molar-refractivity contribution in [2.45, 2.75) is 6.92 Å². The van der Waals surface area contributed by atoms with Gasteiger partial charge in [-0.2, -0.15) is 5.26 Å². The number of nitriles is 1. The van der Waals surface area contributed by atoms with Crippen molar-refractivity contribution in [3.63, 3.8) is 0 Å². The van der Waals surface area contributed by atoms with Gasteiger partial charge in [-0.3, -0.25) is 4.79 Å². The number of carbonyl (C=O) groups excluding carboxylic acids is 1. The van der Waals surface area contributed by atoms with Crippen LogP contribution >= 0.6 is 0 Å². The summed E-state index contributed by atoms with van der Waals surface area (Å²) in [6, 6.07) is 1.52. The number of aliphatic hydroxyl groups is 1. The van der Waals surface area contributed by atoms with Gasteiger partial charge in [-0.05, 0) is 0 Å². The maximum Gasteiger partial charge on any atom is 0.194 e. The summed E-state index contributed by atoms with van der Waals surface area (Å²) in [6.07, 6.45) is 0.794. The Morgan fingerprint density at radius 1 is 1.88 bits per heavy atom. The van der Waals surface area contributed by atoms with Crippen molar-refractivity contribution in [3.05, 3.63) is 11.8 Å². The summed E-state index contributed by atoms with van der Waals surface area (Å²) in [6.45, 7) is 1.18. The molecule has 0 aliphatic heterocycles. The smallest absolute Gasteiger partial charge is 0.194 e. The highest BCUT2D eigenvalue weighted by Crippen LogP contribution is 1.85. The van der Waals surface area contributed by atoms with E-state index in [1.54, 1.807) is 0 Å². The maximum atomic E-state index is 10.1. The molecule has 0 aromatic carbocycles. The predicted molar refractivity (Wildman–Crippen MR) is 27.0 cm³/mol. The highest BCUT2D eigenvalue weighted by molar-refractivity contribution is 5.91. The van der Waals surface area contributed by atoms with Crippen molar-refractivity contribution in [1.82, 2.24) is 0 Å². The fourth-order valence-electron chi connectivity index (χ4n) is 0.163. The number of hydrogen-bond donors (Lipinski definition) is 1. The largest absolute Gasteiger partial charge is 0.504 e. The Hall–Kier alpha value is -1.30. The molecular weight excluding hydrogens is 106 g/mol. The number of nitrogens with zero attached hydrogens (tertiary/aromatic N) is 1. The van der Waals surface area contributed by atoms with Gasteiger partial charge in [0.15, 0.2) is 11.5 Å². The first-order chi connectivity index (χ1) is 3.68. The molecule has 0 bridgehead atoms. The number of aliphatic hydroxyl groups excluding tert-OH is 1. The van der Waals surface area contributed by atoms with Crippen LogP contribution in [0.2, 0.25) is 0 Å². The summed E-state index contributed by atoms with van der Waals surface area (Å²) in [5.41, 5.74) is 0. The van der Waals surface area contributed by atoms with E-state index in [1.165, 1.54) is 13.0 Å². The molecule has 0 aliphatic rings. The summed E-state index contributed by atoms with van der Waals surface area (Å²) < 4.78 is 0. The first-order valence-electron chi connectivity index (χ1n) is 1.98. The van der Waals surface area contributed by atoms with Gasteiger partial charge in [-0.15, -0.1) is 0 Å². The average Bonchev–Trinajstić information content (AvgIpc) is 1.67. The number of Topliss-reactive ketones (excluding diaryl/α,β-unsaturated/α-hetero) is 1. The molecule has 0 fully saturated rings. The number of rotatable bonds is 1. The molecule has 0 heterocycles. The number of carbonyl (C=O) groups is 1. The minimum atomic E-state index is -0.494. The van der Waals surface area contributed by atoms with Crippen LogP contribution in [0.3, 0.4) is 0 Å². The van der Waals surface area contributed by atoms with Gasteiger partial charge in [-0.25, -0.2) is 0 Å². The number of ketones is 1. The summed E-state index contributed by atoms with van der Waals surface area (Å²) in [7, 11) is 0. The second-order valence-electron chi connectivity index (χ2n) is 1.21. The quantitative estimate of drug-likeness (QED) is 0.305. The third kappa shape index (κ3) is 1.98. The van der Waals surface area contributed by atoms with Crippen LogP contribution in [0.5, 0.6) is 0 Å². The molecule has 0 saturated carbocycles. The third-order valence-electron chi connectivity index (χ3n) is 0.562. The maximum absolute atomic E-state index is 10.1. The normalized spacial score (nSPS) is 10.2. The van der Waals surface area contributed by atoms with E-state index in [2.05, 4.69) is 0 Å². The Kier molecular flexibility index (Phi) is 2.35. The topological polar surface area (TPSA) is 61.1 Å². The molecular formula is C5H5NO2. The standard InChI is InChI=1S/C5H5NO2/c1-4(7)5(8)2-3-6/h2,8H,1H3/b5-2-. The van der Waals surface area contributed by atoms with E-state index in [0.717, 1.165) is 6.08 Å². The van der Waals surface area contributed by atoms with Crippen LogP contribution in [0.25, 0.3) is 0 Å². The second kappa shape index (κ2) is 2.80. The average molecular weight is 111 g/mol. The first kappa shape index (κ1) is 6.70. The highest BCUT2D eigenvalue weighted by atomic mass is 16.3. The molecule has 0 aliphatic carbocycles. The Morgan fingerprint density at radius 3 is 2.50 bits per heavy atom. The van der Waals surface area contributed by atoms with E-state index in [-0.39, 0.29) is 0 Å². The lowest BCUT2D eigenvalue weighted by atomic mass is 10.3. The van der Waals surface area contributed by atoms with Crippen LogP contribution in [-0.2, 0) is 4.79 Å². The van der Waals surface area contributed by atoms with E-state index in [4.69, 9.17) is 10.4 Å². The van der Waals surface area contributed by atoms with Crippen LogP contribution in [0, 0.1) is 11.3 Å². The molecule has 8 heavy (non-hydrogen) atoms. The lowest BCUT2D eigenvalue weighted by Crippen LogP contribution is -1.92. The molecule has 0 rings (SSSR count). The van der Waals surface area contributed by atoms with Crippen LogP contribution in [0.1, 0.15) is 6.92 Å². The molecule has 0 aromatic rings. The molecule has 0 saturated heterocycles. The Morgan fingerprint density at radius 2 is 2.38 bits per heavy atom. The SMILES string of the molecule is CC(=O)/C(O)=C/C#N. The molecule has 0 unspecified atom stereocenters. The van der Waals surface area contributed by atoms with Gasteiger partial charge in [-0.1, -0.05) is 0 Å². The molecule has 0 amide bonds. The zero-order valence-corrected chi connectivity index (χ0v) is 4.38. The molecule has 0 aromatic heterocycles. The van der Waals surface area contributed by atoms with Crippen LogP contribution in [0.4, 0.5) is 0 Å². The zero-order valence-electron chi connectivity index (χ0n) is 4.38. The lowest BCUT2D eigenvalue weighted by molar-refractivity contribution is -0.115. The molecule has 3 heteroatoms. The first-order valence-corrected chi connectivity index (χ1v) is 1.98. The molecule has 0 spiro atoms. The van der Waals surface area contributed by atoms with Crippen molar-refractivity contribution < 1.29 is 9.90 Å². The minimum Gasteiger partial charge on any atom is -0.504 e. The third-order valence-corrected chi connectivity index (χ3v) is 0.562. The predicted octanol–water partition coefficient (Wildman–Crippen LogP) is 0.541. The van der Waals surface area contributed by atoms with Crippen LogP contribution < -0.4 is 0 Å². The fourth-order valence-corrected chi connectivity index (χ4v) is 0.163. The summed E-state index contributed by atoms with van der Waals surface area (Å²) >= 11 is 0. The van der Waals surface area contributed by atoms with E-state index in [1.807, 2.05) is 0 Å². The highest BCUT2D eigenvalue weighted by Gasteiger charge is 1.95. The number of allylic oxidation sites excluding steroid dienone is 2. The van der Waals surface area contributed by atoms with Gasteiger partial charge in [0.25, 0.3) is 0 Å². The van der Waals surface area contributed by atoms with Crippen LogP contribution in [-0.4, -0.2) is 10.9 Å². The van der Waals surface area contributed by atoms with Gasteiger partial charge in [0.2, 0.25) is 0 Å². The molecule has 0 atom stereocenters. The van der Waals surface area contributed by atoms with Crippen molar-refractivity contribution in [2.24, 2.45) is 0 Å². The monoisotopic (exact) mass is 111 g/mol. The molecule has 1 N–H and O–H groups in total. The van der Waals surface area contributed by atoms with E-state index >= 15 is 0 Å². The van der Waals surface area contributed by atoms with Gasteiger partial charge in [0.05, 0.1) is 12.1 Å². The van der Waals surface area contributed by atoms with Gasteiger partial charge in [0, 0.05) is 6.92 Å². The zero-order chi connectivity index (χ0) is 6.57. The van der Waals surface area contributed by atoms with Gasteiger partial charge >= 0.3 is 0 Å². The minimum absolute atomic E-state index is 0.493. The van der Waals surface area contributed by atoms with Crippen molar-refractivity contribution in [2.75, 3.05) is 0 Å². The summed E-state index contributed by atoms with van der Waals surface area (Å²) in [5, 5.41) is 16.3. The lowest BCUT2D eigenvalue weighted by Gasteiger charge is -1.83. The summed E-state index contributed by atoms with van der Waals surface area (Å²) in [5.74, 6) is -0.987. The van der Waals surface area contributed by atoms with Crippen molar-refractivity contribution in [1.29, 1.82) is 5.26 Å². The number of hydrogen-bond acceptors (Lipinski definition) is 3. The Balaban J connectivity index is 4.06. The van der Waals surface area contributed by atoms with E-state index in [9.17, 15) is 4.79 Å². The second-order valence-corrected chi connectivity index (χ2v) is 1.21. The van der Waals surface area contributed by atoms with Crippen molar-refractivity contribution in [3.8, 4) is 6.07 Å². The Bertz CT molecular complexity index is 164. The van der Waals surface area contributed by atoms with Gasteiger partial charge < -0.3 is 5.11 Å². The van der Waals surface area contributed by atoms with Gasteiger partial charge in [0.1, 0.15) is 0 Å². The molecule has 3 nitrogen and oxygen atoms in total. The summed E-state index contributed by atoms with van der Waals surface area (Å²) in [4.78, 5) is 10.1. The van der Waals surface area contributed by atoms with E-state index < -0.39 is 11.5 Å². The van der Waals surface area contributed by atoms with Crippen molar-refractivity contribution >= 4 is 5.78 Å². The molecule has 0 radical (unpaired) electrons.